The molecule has 0 spiro atoms. The van der Waals surface area contributed by atoms with Gasteiger partial charge in [-0.15, -0.1) is 6.58 Å². The van der Waals surface area contributed by atoms with Gasteiger partial charge in [-0.2, -0.15) is 0 Å². The fourth-order valence-electron chi connectivity index (χ4n) is 1.96. The van der Waals surface area contributed by atoms with Crippen LogP contribution in [0.4, 0.5) is 0 Å². The maximum absolute atomic E-state index is 11.8. The van der Waals surface area contributed by atoms with Gasteiger partial charge in [0.05, 0.1) is 12.5 Å². The van der Waals surface area contributed by atoms with E-state index in [0.717, 1.165) is 0 Å². The summed E-state index contributed by atoms with van der Waals surface area (Å²) in [7, 11) is 0. The Morgan fingerprint density at radius 1 is 1.37 bits per heavy atom. The van der Waals surface area contributed by atoms with Crippen molar-refractivity contribution >= 4 is 17.8 Å². The summed E-state index contributed by atoms with van der Waals surface area (Å²) in [6.07, 6.45) is 2.59. The molecule has 0 aromatic heterocycles. The molecule has 1 N–H and O–H groups in total. The largest absolute Gasteiger partial charge is 0.466 e. The zero-order valence-electron chi connectivity index (χ0n) is 11.2. The molecule has 0 bridgehead atoms. The smallest absolute Gasteiger partial charge is 0.311 e. The Morgan fingerprint density at radius 2 is 2.00 bits per heavy atom. The van der Waals surface area contributed by atoms with Crippen LogP contribution < -0.4 is 5.32 Å². The van der Waals surface area contributed by atoms with Crippen LogP contribution in [0.5, 0.6) is 0 Å². The first kappa shape index (κ1) is 15.2. The Bertz CT molecular complexity index is 360. The Kier molecular flexibility index (Phi) is 6.05. The molecule has 1 saturated heterocycles. The Morgan fingerprint density at radius 3 is 2.53 bits per heavy atom. The highest BCUT2D eigenvalue weighted by Gasteiger charge is 2.30. The topological polar surface area (TPSA) is 75.7 Å². The van der Waals surface area contributed by atoms with Gasteiger partial charge in [0, 0.05) is 19.6 Å². The normalized spacial score (nSPS) is 15.7. The highest BCUT2D eigenvalue weighted by atomic mass is 16.5. The molecule has 1 rings (SSSR count). The number of rotatable bonds is 4. The zero-order chi connectivity index (χ0) is 14.3. The van der Waals surface area contributed by atoms with Crippen LogP contribution in [0.3, 0.4) is 0 Å². The standard InChI is InChI=1S/C13H20N2O4/c1-3-7-14-11(16)12(17)15-8-5-10(6-9-15)13(18)19-4-2/h3,10H,1,4-9H2,2H3,(H,14,16). The second kappa shape index (κ2) is 7.56. The maximum atomic E-state index is 11.8. The molecule has 0 aromatic rings. The first-order chi connectivity index (χ1) is 9.10. The third-order valence-corrected chi connectivity index (χ3v) is 3.00. The van der Waals surface area contributed by atoms with Crippen LogP contribution in [0, 0.1) is 5.92 Å². The number of hydrogen-bond donors (Lipinski definition) is 1. The fourth-order valence-corrected chi connectivity index (χ4v) is 1.96. The third kappa shape index (κ3) is 4.39. The van der Waals surface area contributed by atoms with Crippen molar-refractivity contribution in [2.45, 2.75) is 19.8 Å². The molecule has 6 heteroatoms. The summed E-state index contributed by atoms with van der Waals surface area (Å²) in [5.41, 5.74) is 0. The number of carbonyl (C=O) groups excluding carboxylic acids is 3. The second-order valence-electron chi connectivity index (χ2n) is 4.32. The predicted molar refractivity (Wildman–Crippen MR) is 69.1 cm³/mol. The van der Waals surface area contributed by atoms with Crippen LogP contribution in [-0.4, -0.2) is 48.9 Å². The lowest BCUT2D eigenvalue weighted by molar-refractivity contribution is -0.152. The molecular formula is C13H20N2O4. The van der Waals surface area contributed by atoms with Crippen molar-refractivity contribution in [1.82, 2.24) is 10.2 Å². The lowest BCUT2D eigenvalue weighted by Gasteiger charge is -2.30. The Labute approximate surface area is 112 Å². The van der Waals surface area contributed by atoms with Gasteiger partial charge in [-0.3, -0.25) is 14.4 Å². The van der Waals surface area contributed by atoms with E-state index >= 15 is 0 Å². The van der Waals surface area contributed by atoms with Crippen LogP contribution in [0.2, 0.25) is 0 Å². The third-order valence-electron chi connectivity index (χ3n) is 3.00. The number of piperidine rings is 1. The summed E-state index contributed by atoms with van der Waals surface area (Å²) in [6.45, 7) is 6.67. The predicted octanol–water partition coefficient (Wildman–Crippen LogP) is 0.0903. The van der Waals surface area contributed by atoms with E-state index in [4.69, 9.17) is 4.74 Å². The van der Waals surface area contributed by atoms with Crippen LogP contribution in [0.15, 0.2) is 12.7 Å². The van der Waals surface area contributed by atoms with E-state index in [1.165, 1.54) is 11.0 Å². The molecule has 0 saturated carbocycles. The van der Waals surface area contributed by atoms with Crippen molar-refractivity contribution < 1.29 is 19.1 Å². The number of carbonyl (C=O) groups is 3. The van der Waals surface area contributed by atoms with E-state index < -0.39 is 11.8 Å². The minimum Gasteiger partial charge on any atom is -0.466 e. The Hall–Kier alpha value is -1.85. The van der Waals surface area contributed by atoms with Gasteiger partial charge in [-0.1, -0.05) is 6.08 Å². The van der Waals surface area contributed by atoms with Gasteiger partial charge in [0.2, 0.25) is 0 Å². The van der Waals surface area contributed by atoms with Gasteiger partial charge in [-0.25, -0.2) is 0 Å². The van der Waals surface area contributed by atoms with Crippen molar-refractivity contribution in [1.29, 1.82) is 0 Å². The van der Waals surface area contributed by atoms with E-state index in [1.807, 2.05) is 0 Å². The molecule has 1 heterocycles. The lowest BCUT2D eigenvalue weighted by atomic mass is 9.97. The summed E-state index contributed by atoms with van der Waals surface area (Å²) in [5, 5.41) is 2.44. The van der Waals surface area contributed by atoms with Gasteiger partial charge < -0.3 is 15.0 Å². The number of nitrogens with zero attached hydrogens (tertiary/aromatic N) is 1. The number of amides is 2. The summed E-state index contributed by atoms with van der Waals surface area (Å²) in [6, 6.07) is 0. The summed E-state index contributed by atoms with van der Waals surface area (Å²) in [5.74, 6) is -1.57. The number of ether oxygens (including phenoxy) is 1. The van der Waals surface area contributed by atoms with Crippen molar-refractivity contribution in [3.8, 4) is 0 Å². The lowest BCUT2D eigenvalue weighted by Crippen LogP contribution is -2.47. The minimum atomic E-state index is -0.630. The van der Waals surface area contributed by atoms with E-state index in [-0.39, 0.29) is 18.4 Å². The van der Waals surface area contributed by atoms with Gasteiger partial charge in [-0.05, 0) is 19.8 Å². The molecule has 1 aliphatic heterocycles. The number of hydrogen-bond acceptors (Lipinski definition) is 4. The average molecular weight is 268 g/mol. The maximum Gasteiger partial charge on any atom is 0.311 e. The summed E-state index contributed by atoms with van der Waals surface area (Å²) in [4.78, 5) is 36.2. The first-order valence-corrected chi connectivity index (χ1v) is 6.44. The van der Waals surface area contributed by atoms with E-state index in [1.54, 1.807) is 6.92 Å². The zero-order valence-corrected chi connectivity index (χ0v) is 11.2. The van der Waals surface area contributed by atoms with Gasteiger partial charge in [0.15, 0.2) is 0 Å². The quantitative estimate of drug-likeness (QED) is 0.445. The summed E-state index contributed by atoms with van der Waals surface area (Å²) < 4.78 is 4.94. The van der Waals surface area contributed by atoms with Crippen molar-refractivity contribution in [2.75, 3.05) is 26.2 Å². The molecule has 1 fully saturated rings. The van der Waals surface area contributed by atoms with Crippen LogP contribution in [-0.2, 0) is 19.1 Å². The van der Waals surface area contributed by atoms with Crippen LogP contribution in [0.25, 0.3) is 0 Å². The monoisotopic (exact) mass is 268 g/mol. The molecule has 0 atom stereocenters. The average Bonchev–Trinajstić information content (AvgIpc) is 2.44. The molecule has 6 nitrogen and oxygen atoms in total. The summed E-state index contributed by atoms with van der Waals surface area (Å²) >= 11 is 0. The van der Waals surface area contributed by atoms with Crippen LogP contribution >= 0.6 is 0 Å². The van der Waals surface area contributed by atoms with Crippen molar-refractivity contribution in [2.24, 2.45) is 5.92 Å². The highest BCUT2D eigenvalue weighted by Crippen LogP contribution is 2.18. The van der Waals surface area contributed by atoms with E-state index in [0.29, 0.717) is 32.5 Å². The van der Waals surface area contributed by atoms with E-state index in [2.05, 4.69) is 11.9 Å². The SMILES string of the molecule is C=CCNC(=O)C(=O)N1CCC(C(=O)OCC)CC1. The molecule has 0 aromatic carbocycles. The minimum absolute atomic E-state index is 0.166. The highest BCUT2D eigenvalue weighted by molar-refractivity contribution is 6.35. The first-order valence-electron chi connectivity index (χ1n) is 6.44. The molecular weight excluding hydrogens is 248 g/mol. The molecule has 2 amide bonds. The van der Waals surface area contributed by atoms with Gasteiger partial charge in [0.25, 0.3) is 0 Å². The number of esters is 1. The fraction of sp³-hybridized carbons (Fsp3) is 0.615. The van der Waals surface area contributed by atoms with E-state index in [9.17, 15) is 14.4 Å². The molecule has 0 radical (unpaired) electrons. The molecule has 0 aliphatic carbocycles. The number of nitrogens with one attached hydrogen (secondary N) is 1. The van der Waals surface area contributed by atoms with Crippen LogP contribution in [0.1, 0.15) is 19.8 Å². The van der Waals surface area contributed by atoms with Crippen molar-refractivity contribution in [3.63, 3.8) is 0 Å². The number of likely N-dealkylation sites (tertiary alicyclic amines) is 1. The molecule has 1 aliphatic rings. The molecule has 19 heavy (non-hydrogen) atoms. The molecule has 106 valence electrons. The van der Waals surface area contributed by atoms with Gasteiger partial charge >= 0.3 is 17.8 Å². The van der Waals surface area contributed by atoms with Gasteiger partial charge in [0.1, 0.15) is 0 Å². The Balaban J connectivity index is 2.40. The van der Waals surface area contributed by atoms with Crippen molar-refractivity contribution in [3.05, 3.63) is 12.7 Å². The molecule has 0 unspecified atom stereocenters. The second-order valence-corrected chi connectivity index (χ2v) is 4.32.